The predicted octanol–water partition coefficient (Wildman–Crippen LogP) is 5.09. The lowest BCUT2D eigenvalue weighted by Crippen LogP contribution is -2.38. The molecule has 7 heteroatoms. The molecule has 2 aromatic rings. The van der Waals surface area contributed by atoms with Crippen molar-refractivity contribution >= 4 is 29.0 Å². The van der Waals surface area contributed by atoms with Gasteiger partial charge in [-0.1, -0.05) is 25.4 Å². The highest BCUT2D eigenvalue weighted by molar-refractivity contribution is 6.29. The molecule has 5 nitrogen and oxygen atoms in total. The minimum Gasteiger partial charge on any atom is -0.492 e. The summed E-state index contributed by atoms with van der Waals surface area (Å²) in [5.41, 5.74) is 2.49. The molecule has 0 spiro atoms. The quantitative estimate of drug-likeness (QED) is 0.509. The van der Waals surface area contributed by atoms with Crippen LogP contribution in [0.4, 0.5) is 5.82 Å². The van der Waals surface area contributed by atoms with E-state index in [0.717, 1.165) is 56.0 Å². The summed E-state index contributed by atoms with van der Waals surface area (Å²) in [5.74, 6) is 2.34. The minimum atomic E-state index is 0.0632. The normalized spacial score (nSPS) is 19.4. The molecule has 0 atom stereocenters. The largest absolute Gasteiger partial charge is 0.492 e. The van der Waals surface area contributed by atoms with Crippen molar-refractivity contribution in [2.75, 3.05) is 24.6 Å². The second-order valence-electron chi connectivity index (χ2n) is 8.44. The zero-order valence-corrected chi connectivity index (χ0v) is 17.9. The van der Waals surface area contributed by atoms with Gasteiger partial charge in [-0.15, -0.1) is 0 Å². The van der Waals surface area contributed by atoms with E-state index in [-0.39, 0.29) is 5.41 Å². The van der Waals surface area contributed by atoms with Crippen LogP contribution in [-0.2, 0) is 11.8 Å². The molecule has 0 radical (unpaired) electrons. The molecule has 1 aliphatic heterocycles. The van der Waals surface area contributed by atoms with Crippen molar-refractivity contribution in [1.82, 2.24) is 15.0 Å². The van der Waals surface area contributed by atoms with E-state index in [1.54, 1.807) is 12.3 Å². The Hall–Kier alpha value is -1.59. The summed E-state index contributed by atoms with van der Waals surface area (Å²) >= 11 is 12.1. The van der Waals surface area contributed by atoms with Crippen LogP contribution in [0.5, 0.6) is 5.75 Å². The summed E-state index contributed by atoms with van der Waals surface area (Å²) in [5, 5.41) is 0.847. The van der Waals surface area contributed by atoms with Crippen LogP contribution in [0.2, 0.25) is 10.4 Å². The number of anilines is 1. The summed E-state index contributed by atoms with van der Waals surface area (Å²) in [6.45, 7) is 7.15. The predicted molar refractivity (Wildman–Crippen MR) is 113 cm³/mol. The minimum absolute atomic E-state index is 0.0632. The third-order valence-electron chi connectivity index (χ3n) is 5.93. The fourth-order valence-corrected chi connectivity index (χ4v) is 4.57. The number of hydrogen-bond donors (Lipinski definition) is 0. The Kier molecular flexibility index (Phi) is 5.66. The second kappa shape index (κ2) is 8.03. The van der Waals surface area contributed by atoms with Gasteiger partial charge in [0, 0.05) is 24.1 Å². The lowest BCUT2D eigenvalue weighted by Gasteiger charge is -2.37. The number of aromatic nitrogens is 3. The Labute approximate surface area is 176 Å². The summed E-state index contributed by atoms with van der Waals surface area (Å²) < 4.78 is 5.89. The molecule has 150 valence electrons. The van der Waals surface area contributed by atoms with E-state index < -0.39 is 0 Å². The molecule has 3 heterocycles. The number of piperidine rings is 1. The number of fused-ring (bicyclic) bond motifs is 1. The van der Waals surface area contributed by atoms with Crippen molar-refractivity contribution in [1.29, 1.82) is 0 Å². The molecule has 0 aromatic carbocycles. The third-order valence-corrected chi connectivity index (χ3v) is 6.32. The Morgan fingerprint density at radius 2 is 1.96 bits per heavy atom. The van der Waals surface area contributed by atoms with Crippen molar-refractivity contribution < 1.29 is 4.74 Å². The van der Waals surface area contributed by atoms with Crippen molar-refractivity contribution in [2.24, 2.45) is 5.92 Å². The van der Waals surface area contributed by atoms with Gasteiger partial charge in [0.25, 0.3) is 0 Å². The summed E-state index contributed by atoms with van der Waals surface area (Å²) in [6, 6.07) is 3.62. The molecule has 0 saturated carbocycles. The van der Waals surface area contributed by atoms with E-state index in [9.17, 15) is 0 Å². The molecule has 1 saturated heterocycles. The van der Waals surface area contributed by atoms with Crippen LogP contribution in [0.15, 0.2) is 18.3 Å². The maximum absolute atomic E-state index is 6.30. The molecule has 28 heavy (non-hydrogen) atoms. The van der Waals surface area contributed by atoms with Gasteiger partial charge in [0.2, 0.25) is 5.28 Å². The summed E-state index contributed by atoms with van der Waals surface area (Å²) in [6.07, 6.45) is 7.18. The van der Waals surface area contributed by atoms with Crippen molar-refractivity contribution in [3.63, 3.8) is 0 Å². The standard InChI is InChI=1S/C21H26Cl2N4O/c1-21(2)9-3-4-16-18(21)25-20(23)26-19(16)27-10-7-14(8-11-27)13-28-15-5-6-17(22)24-12-15/h5-6,12,14H,3-4,7-11,13H2,1-2H3. The van der Waals surface area contributed by atoms with Crippen LogP contribution in [0.3, 0.4) is 0 Å². The lowest BCUT2D eigenvalue weighted by molar-refractivity contribution is 0.222. The molecule has 2 aliphatic rings. The average Bonchev–Trinajstić information content (AvgIpc) is 2.68. The van der Waals surface area contributed by atoms with E-state index in [1.807, 2.05) is 6.07 Å². The molecule has 4 rings (SSSR count). The topological polar surface area (TPSA) is 51.1 Å². The Morgan fingerprint density at radius 1 is 1.18 bits per heavy atom. The first-order valence-corrected chi connectivity index (χ1v) is 10.7. The van der Waals surface area contributed by atoms with Gasteiger partial charge < -0.3 is 9.64 Å². The van der Waals surface area contributed by atoms with Crippen LogP contribution < -0.4 is 9.64 Å². The number of halogens is 2. The van der Waals surface area contributed by atoms with Crippen LogP contribution >= 0.6 is 23.2 Å². The third kappa shape index (κ3) is 4.20. The Morgan fingerprint density at radius 3 is 2.68 bits per heavy atom. The van der Waals surface area contributed by atoms with E-state index in [4.69, 9.17) is 27.9 Å². The molecule has 0 amide bonds. The molecule has 2 aromatic heterocycles. The highest BCUT2D eigenvalue weighted by Crippen LogP contribution is 2.40. The first-order chi connectivity index (χ1) is 13.4. The number of nitrogens with zero attached hydrogens (tertiary/aromatic N) is 4. The van der Waals surface area contributed by atoms with Crippen LogP contribution in [0.25, 0.3) is 0 Å². The number of hydrogen-bond acceptors (Lipinski definition) is 5. The first kappa shape index (κ1) is 19.7. The van der Waals surface area contributed by atoms with E-state index in [0.29, 0.717) is 23.0 Å². The molecule has 0 bridgehead atoms. The lowest BCUT2D eigenvalue weighted by atomic mass is 9.76. The van der Waals surface area contributed by atoms with E-state index in [1.165, 1.54) is 12.0 Å². The first-order valence-electron chi connectivity index (χ1n) is 9.98. The van der Waals surface area contributed by atoms with E-state index >= 15 is 0 Å². The van der Waals surface area contributed by atoms with Gasteiger partial charge in [-0.2, -0.15) is 0 Å². The Bertz CT molecular complexity index is 833. The summed E-state index contributed by atoms with van der Waals surface area (Å²) in [4.78, 5) is 15.7. The smallest absolute Gasteiger partial charge is 0.224 e. The zero-order chi connectivity index (χ0) is 19.7. The number of rotatable bonds is 4. The molecular weight excluding hydrogens is 395 g/mol. The summed E-state index contributed by atoms with van der Waals surface area (Å²) in [7, 11) is 0. The highest BCUT2D eigenvalue weighted by Gasteiger charge is 2.33. The van der Waals surface area contributed by atoms with Gasteiger partial charge in [0.05, 0.1) is 18.5 Å². The van der Waals surface area contributed by atoms with Crippen molar-refractivity contribution in [3.05, 3.63) is 40.0 Å². The fourth-order valence-electron chi connectivity index (χ4n) is 4.30. The maximum atomic E-state index is 6.30. The van der Waals surface area contributed by atoms with Gasteiger partial charge in [-0.05, 0) is 61.8 Å². The van der Waals surface area contributed by atoms with E-state index in [2.05, 4.69) is 33.7 Å². The van der Waals surface area contributed by atoms with Gasteiger partial charge in [0.15, 0.2) is 0 Å². The van der Waals surface area contributed by atoms with Gasteiger partial charge in [-0.3, -0.25) is 0 Å². The maximum Gasteiger partial charge on any atom is 0.224 e. The number of ether oxygens (including phenoxy) is 1. The van der Waals surface area contributed by atoms with Crippen LogP contribution in [0.1, 0.15) is 50.8 Å². The fraction of sp³-hybridized carbons (Fsp3) is 0.571. The molecule has 0 N–H and O–H groups in total. The molecular formula is C21H26Cl2N4O. The molecule has 1 fully saturated rings. The monoisotopic (exact) mass is 420 g/mol. The van der Waals surface area contributed by atoms with Crippen LogP contribution in [-0.4, -0.2) is 34.6 Å². The number of pyridine rings is 1. The SMILES string of the molecule is CC1(C)CCCc2c(N3CCC(COc4ccc(Cl)nc4)CC3)nc(Cl)nc21. The highest BCUT2D eigenvalue weighted by atomic mass is 35.5. The van der Waals surface area contributed by atoms with Crippen LogP contribution in [0, 0.1) is 5.92 Å². The molecule has 1 aliphatic carbocycles. The van der Waals surface area contributed by atoms with Crippen molar-refractivity contribution in [2.45, 2.75) is 51.4 Å². The van der Waals surface area contributed by atoms with Gasteiger partial charge in [-0.25, -0.2) is 15.0 Å². The van der Waals surface area contributed by atoms with Gasteiger partial charge in [0.1, 0.15) is 16.7 Å². The second-order valence-corrected chi connectivity index (χ2v) is 9.16. The Balaban J connectivity index is 1.41. The molecule has 0 unspecified atom stereocenters. The van der Waals surface area contributed by atoms with Gasteiger partial charge >= 0.3 is 0 Å². The average molecular weight is 421 g/mol. The zero-order valence-electron chi connectivity index (χ0n) is 16.4. The van der Waals surface area contributed by atoms with Crippen molar-refractivity contribution in [3.8, 4) is 5.75 Å².